The lowest BCUT2D eigenvalue weighted by Gasteiger charge is -2.30. The van der Waals surface area contributed by atoms with Gasteiger partial charge in [-0.1, -0.05) is 36.9 Å². The smallest absolute Gasteiger partial charge is 0.333 e. The average molecular weight is 544 g/mol. The number of nitrogens with zero attached hydrogens (tertiary/aromatic N) is 1. The lowest BCUT2D eigenvalue weighted by atomic mass is 10.1. The molecule has 12 nitrogen and oxygen atoms in total. The van der Waals surface area contributed by atoms with E-state index in [1.807, 2.05) is 21.1 Å². The number of phosphoric acid groups is 1. The summed E-state index contributed by atoms with van der Waals surface area (Å²) in [5.41, 5.74) is 0.849. The van der Waals surface area contributed by atoms with Crippen molar-refractivity contribution in [1.82, 2.24) is 10.6 Å². The summed E-state index contributed by atoms with van der Waals surface area (Å²) < 4.78 is 27.8. The molecule has 0 spiro atoms. The van der Waals surface area contributed by atoms with Crippen LogP contribution >= 0.6 is 7.82 Å². The predicted octanol–water partition coefficient (Wildman–Crippen LogP) is 0.472. The molecule has 0 bridgehead atoms. The van der Waals surface area contributed by atoms with Crippen LogP contribution in [0.4, 0.5) is 0 Å². The average Bonchev–Trinajstić information content (AvgIpc) is 2.79. The van der Waals surface area contributed by atoms with E-state index in [0.717, 1.165) is 5.56 Å². The van der Waals surface area contributed by atoms with E-state index >= 15 is 0 Å². The van der Waals surface area contributed by atoms with E-state index in [1.165, 1.54) is 13.8 Å². The number of amides is 1. The number of aliphatic carboxylic acids is 1. The first-order valence-corrected chi connectivity index (χ1v) is 13.1. The van der Waals surface area contributed by atoms with E-state index in [9.17, 15) is 28.9 Å². The van der Waals surface area contributed by atoms with Crippen molar-refractivity contribution < 1.29 is 47.2 Å². The molecule has 1 aromatic rings. The second kappa shape index (κ2) is 15.0. The van der Waals surface area contributed by atoms with E-state index in [0.29, 0.717) is 11.0 Å². The molecule has 0 radical (unpaired) electrons. The van der Waals surface area contributed by atoms with Crippen molar-refractivity contribution in [1.29, 1.82) is 0 Å². The number of likely N-dealkylation sites (N-methyl/N-ethyl adjacent to an activating group) is 1. The fraction of sp³-hybridized carbons (Fsp3) is 0.542. The zero-order valence-electron chi connectivity index (χ0n) is 22.0. The number of quaternary nitrogens is 1. The Labute approximate surface area is 217 Å². The van der Waals surface area contributed by atoms with Crippen LogP contribution in [0.5, 0.6) is 0 Å². The molecule has 0 heterocycles. The van der Waals surface area contributed by atoms with Crippen molar-refractivity contribution in [3.05, 3.63) is 48.0 Å². The standard InChI is InChI=1S/C24H38N3O9P/c1-17(2)24(31)34-16-20(36-37(32,33)35-13-12-27(4,5)6)15-25-18(3)22(28)26-21(23(29)30)14-19-10-8-7-9-11-19/h7-11,18,20-21,25H,1,12-16H2,2-6H3,(H2-,26,28,29,30,32,33). The summed E-state index contributed by atoms with van der Waals surface area (Å²) in [6, 6.07) is 6.74. The summed E-state index contributed by atoms with van der Waals surface area (Å²) in [5, 5.41) is 14.8. The van der Waals surface area contributed by atoms with Crippen molar-refractivity contribution in [3.63, 3.8) is 0 Å². The third kappa shape index (κ3) is 14.1. The number of rotatable bonds is 17. The Hall–Kier alpha value is -2.60. The third-order valence-electron chi connectivity index (χ3n) is 4.98. The Morgan fingerprint density at radius 2 is 1.81 bits per heavy atom. The van der Waals surface area contributed by atoms with Crippen LogP contribution in [0, 0.1) is 0 Å². The monoisotopic (exact) mass is 543 g/mol. The van der Waals surface area contributed by atoms with Crippen LogP contribution in [-0.4, -0.2) is 93.1 Å². The van der Waals surface area contributed by atoms with Crippen LogP contribution in [0.25, 0.3) is 0 Å². The van der Waals surface area contributed by atoms with Gasteiger partial charge in [0.05, 0.1) is 27.2 Å². The minimum absolute atomic E-state index is 0.0845. The number of carboxylic acid groups (broad SMARTS) is 1. The summed E-state index contributed by atoms with van der Waals surface area (Å²) in [6.07, 6.45) is -1.13. The molecule has 13 heteroatoms. The van der Waals surface area contributed by atoms with Gasteiger partial charge in [-0.25, -0.2) is 9.59 Å². The molecule has 3 N–H and O–H groups in total. The maximum absolute atomic E-state index is 12.6. The minimum Gasteiger partial charge on any atom is -0.756 e. The molecule has 1 rings (SSSR count). The van der Waals surface area contributed by atoms with E-state index in [1.54, 1.807) is 30.3 Å². The summed E-state index contributed by atoms with van der Waals surface area (Å²) >= 11 is 0. The Morgan fingerprint density at radius 1 is 1.19 bits per heavy atom. The second-order valence-electron chi connectivity index (χ2n) is 9.62. The molecular weight excluding hydrogens is 505 g/mol. The molecule has 0 aliphatic heterocycles. The van der Waals surface area contributed by atoms with Crippen molar-refractivity contribution >= 4 is 25.7 Å². The van der Waals surface area contributed by atoms with E-state index in [-0.39, 0.29) is 25.1 Å². The molecule has 0 fully saturated rings. The zero-order chi connectivity index (χ0) is 28.2. The SMILES string of the molecule is C=C(C)C(=O)OCC(CNC(C)C(=O)NC(Cc1ccccc1)C(=O)O)OP(=O)([O-])OCC[N+](C)(C)C. The number of nitrogens with one attached hydrogen (secondary N) is 2. The molecule has 37 heavy (non-hydrogen) atoms. The summed E-state index contributed by atoms with van der Waals surface area (Å²) in [7, 11) is 0.829. The number of phosphoric ester groups is 1. The lowest BCUT2D eigenvalue weighted by molar-refractivity contribution is -0.870. The molecule has 4 atom stereocenters. The third-order valence-corrected chi connectivity index (χ3v) is 6.04. The highest BCUT2D eigenvalue weighted by Crippen LogP contribution is 2.39. The maximum Gasteiger partial charge on any atom is 0.333 e. The first kappa shape index (κ1) is 32.4. The van der Waals surface area contributed by atoms with Gasteiger partial charge in [0.2, 0.25) is 5.91 Å². The molecule has 0 saturated carbocycles. The Kier molecular flexibility index (Phi) is 13.1. The van der Waals surface area contributed by atoms with Gasteiger partial charge in [0, 0.05) is 18.5 Å². The van der Waals surface area contributed by atoms with Crippen LogP contribution in [0.3, 0.4) is 0 Å². The first-order chi connectivity index (χ1) is 17.1. The highest BCUT2D eigenvalue weighted by Gasteiger charge is 2.26. The zero-order valence-corrected chi connectivity index (χ0v) is 22.9. The molecule has 1 aromatic carbocycles. The van der Waals surface area contributed by atoms with Gasteiger partial charge in [-0.3, -0.25) is 9.36 Å². The van der Waals surface area contributed by atoms with Gasteiger partial charge >= 0.3 is 11.9 Å². The van der Waals surface area contributed by atoms with Crippen LogP contribution in [-0.2, 0) is 39.2 Å². The fourth-order valence-corrected chi connectivity index (χ4v) is 3.67. The minimum atomic E-state index is -4.77. The second-order valence-corrected chi connectivity index (χ2v) is 11.0. The quantitative estimate of drug-likeness (QED) is 0.109. The van der Waals surface area contributed by atoms with Crippen LogP contribution in [0.15, 0.2) is 42.5 Å². The molecule has 0 aliphatic rings. The number of hydrogen-bond donors (Lipinski definition) is 3. The summed E-state index contributed by atoms with van der Waals surface area (Å²) in [6.45, 7) is 5.98. The number of carbonyl (C=O) groups excluding carboxylic acids is 2. The Balaban J connectivity index is 2.77. The van der Waals surface area contributed by atoms with Crippen molar-refractivity contribution in [2.24, 2.45) is 0 Å². The number of hydrogen-bond acceptors (Lipinski definition) is 9. The van der Waals surface area contributed by atoms with Gasteiger partial charge in [-0.15, -0.1) is 0 Å². The number of benzene rings is 1. The molecular formula is C24H38N3O9P. The van der Waals surface area contributed by atoms with Crippen molar-refractivity contribution in [2.75, 3.05) is 47.4 Å². The first-order valence-electron chi connectivity index (χ1n) is 11.7. The van der Waals surface area contributed by atoms with Gasteiger partial charge < -0.3 is 38.9 Å². The number of carbonyl (C=O) groups is 3. The summed E-state index contributed by atoms with van der Waals surface area (Å²) in [5.74, 6) is -2.56. The molecule has 1 amide bonds. The molecule has 208 valence electrons. The largest absolute Gasteiger partial charge is 0.756 e. The molecule has 0 aromatic heterocycles. The van der Waals surface area contributed by atoms with Crippen LogP contribution in [0.2, 0.25) is 0 Å². The highest BCUT2D eigenvalue weighted by atomic mass is 31.2. The Bertz CT molecular complexity index is 966. The highest BCUT2D eigenvalue weighted by molar-refractivity contribution is 7.45. The topological polar surface area (TPSA) is 163 Å². The normalized spacial score (nSPS) is 15.6. The van der Waals surface area contributed by atoms with E-state index < -0.39 is 50.5 Å². The van der Waals surface area contributed by atoms with Crippen molar-refractivity contribution in [3.8, 4) is 0 Å². The van der Waals surface area contributed by atoms with E-state index in [4.69, 9.17) is 13.8 Å². The van der Waals surface area contributed by atoms with Crippen molar-refractivity contribution in [2.45, 2.75) is 38.5 Å². The number of carboxylic acids is 1. The van der Waals surface area contributed by atoms with Gasteiger partial charge in [0.1, 0.15) is 31.9 Å². The lowest BCUT2D eigenvalue weighted by Crippen LogP contribution is -2.51. The van der Waals surface area contributed by atoms with Gasteiger partial charge in [0.25, 0.3) is 7.82 Å². The van der Waals surface area contributed by atoms with Crippen LogP contribution < -0.4 is 15.5 Å². The van der Waals surface area contributed by atoms with Gasteiger partial charge in [0.15, 0.2) is 0 Å². The molecule has 4 unspecified atom stereocenters. The summed E-state index contributed by atoms with van der Waals surface area (Å²) in [4.78, 5) is 48.4. The number of ether oxygens (including phenoxy) is 1. The van der Waals surface area contributed by atoms with Crippen LogP contribution in [0.1, 0.15) is 19.4 Å². The fourth-order valence-electron chi connectivity index (χ4n) is 2.81. The predicted molar refractivity (Wildman–Crippen MR) is 134 cm³/mol. The van der Waals surface area contributed by atoms with Gasteiger partial charge in [-0.05, 0) is 19.4 Å². The molecule has 0 saturated heterocycles. The van der Waals surface area contributed by atoms with E-state index in [2.05, 4.69) is 17.2 Å². The number of esters is 1. The Morgan fingerprint density at radius 3 is 2.35 bits per heavy atom. The van der Waals surface area contributed by atoms with Gasteiger partial charge in [-0.2, -0.15) is 0 Å². The maximum atomic E-state index is 12.6. The molecule has 0 aliphatic carbocycles.